The van der Waals surface area contributed by atoms with Crippen LogP contribution in [0, 0.1) is 13.8 Å². The average molecular weight is 387 g/mol. The molecule has 1 N–H and O–H groups in total. The van der Waals surface area contributed by atoms with Gasteiger partial charge >= 0.3 is 6.03 Å². The zero-order valence-electron chi connectivity index (χ0n) is 16.4. The Morgan fingerprint density at radius 3 is 2.83 bits per heavy atom. The quantitative estimate of drug-likeness (QED) is 0.693. The van der Waals surface area contributed by atoms with Gasteiger partial charge in [-0.2, -0.15) is 0 Å². The van der Waals surface area contributed by atoms with Crippen LogP contribution in [0.1, 0.15) is 34.4 Å². The number of oxazole rings is 1. The molecule has 0 saturated carbocycles. The lowest BCUT2D eigenvalue weighted by molar-refractivity contribution is -0.132. The molecule has 1 saturated heterocycles. The lowest BCUT2D eigenvalue weighted by atomic mass is 9.92. The molecule has 2 heterocycles. The highest BCUT2D eigenvalue weighted by Gasteiger charge is 2.55. The second kappa shape index (κ2) is 6.30. The number of nitrogens with one attached hydrogen (secondary N) is 1. The highest BCUT2D eigenvalue weighted by atomic mass is 16.3. The Hall–Kier alpha value is -3.41. The average Bonchev–Trinajstić information content (AvgIpc) is 3.37. The molecule has 1 aliphatic heterocycles. The minimum absolute atomic E-state index is 0.0863. The minimum atomic E-state index is -0.951. The summed E-state index contributed by atoms with van der Waals surface area (Å²) >= 11 is 0. The van der Waals surface area contributed by atoms with Crippen molar-refractivity contribution in [3.8, 4) is 11.5 Å². The van der Waals surface area contributed by atoms with E-state index in [1.165, 1.54) is 16.7 Å². The maximum atomic E-state index is 13.3. The SMILES string of the molecule is Cc1ccc(-c2nc(CN3C(=O)NC4(CCc5ccccc54)C3=O)co2)c(C)c1. The number of urea groups is 1. The van der Waals surface area contributed by atoms with E-state index in [-0.39, 0.29) is 18.5 Å². The molecule has 1 unspecified atom stereocenters. The molecule has 1 aromatic heterocycles. The van der Waals surface area contributed by atoms with Crippen molar-refractivity contribution in [3.05, 3.63) is 76.7 Å². The molecule has 0 bridgehead atoms. The van der Waals surface area contributed by atoms with E-state index >= 15 is 0 Å². The third-order valence-corrected chi connectivity index (χ3v) is 5.91. The molecule has 6 nitrogen and oxygen atoms in total. The number of aryl methyl sites for hydroxylation is 3. The summed E-state index contributed by atoms with van der Waals surface area (Å²) in [4.78, 5) is 31.7. The van der Waals surface area contributed by atoms with Gasteiger partial charge in [0, 0.05) is 5.56 Å². The predicted octanol–water partition coefficient (Wildman–Crippen LogP) is 3.85. The fourth-order valence-electron chi connectivity index (χ4n) is 4.45. The minimum Gasteiger partial charge on any atom is -0.444 e. The zero-order chi connectivity index (χ0) is 20.2. The van der Waals surface area contributed by atoms with Gasteiger partial charge in [-0.25, -0.2) is 9.78 Å². The fraction of sp³-hybridized carbons (Fsp3) is 0.261. The van der Waals surface area contributed by atoms with Crippen molar-refractivity contribution in [3.63, 3.8) is 0 Å². The lowest BCUT2D eigenvalue weighted by Gasteiger charge is -2.22. The van der Waals surface area contributed by atoms with Gasteiger partial charge in [-0.15, -0.1) is 0 Å². The number of imide groups is 1. The number of benzene rings is 2. The van der Waals surface area contributed by atoms with Crippen molar-refractivity contribution in [1.29, 1.82) is 0 Å². The monoisotopic (exact) mass is 387 g/mol. The number of carbonyl (C=O) groups excluding carboxylic acids is 2. The first-order chi connectivity index (χ1) is 14.0. The van der Waals surface area contributed by atoms with Crippen LogP contribution < -0.4 is 5.32 Å². The second-order valence-electron chi connectivity index (χ2n) is 7.85. The van der Waals surface area contributed by atoms with Crippen LogP contribution in [-0.4, -0.2) is 21.8 Å². The van der Waals surface area contributed by atoms with E-state index in [2.05, 4.69) is 16.4 Å². The van der Waals surface area contributed by atoms with E-state index < -0.39 is 5.54 Å². The topological polar surface area (TPSA) is 75.4 Å². The van der Waals surface area contributed by atoms with Gasteiger partial charge in [-0.1, -0.05) is 42.0 Å². The number of rotatable bonds is 3. The maximum absolute atomic E-state index is 13.3. The van der Waals surface area contributed by atoms with Crippen LogP contribution >= 0.6 is 0 Å². The van der Waals surface area contributed by atoms with Crippen molar-refractivity contribution in [1.82, 2.24) is 15.2 Å². The number of amides is 3. The second-order valence-corrected chi connectivity index (χ2v) is 7.85. The molecule has 1 aliphatic carbocycles. The molecule has 3 amide bonds. The molecular formula is C23H21N3O3. The Balaban J connectivity index is 1.42. The molecule has 29 heavy (non-hydrogen) atoms. The maximum Gasteiger partial charge on any atom is 0.325 e. The van der Waals surface area contributed by atoms with Gasteiger partial charge in [0.25, 0.3) is 5.91 Å². The molecule has 2 aliphatic rings. The highest BCUT2D eigenvalue weighted by molar-refractivity contribution is 6.08. The van der Waals surface area contributed by atoms with E-state index in [1.807, 2.05) is 50.2 Å². The number of nitrogens with zero attached hydrogens (tertiary/aromatic N) is 2. The lowest BCUT2D eigenvalue weighted by Crippen LogP contribution is -2.41. The molecule has 1 fully saturated rings. The van der Waals surface area contributed by atoms with Gasteiger partial charge < -0.3 is 9.73 Å². The van der Waals surface area contributed by atoms with Crippen LogP contribution in [0.4, 0.5) is 4.79 Å². The van der Waals surface area contributed by atoms with Gasteiger partial charge in [0.15, 0.2) is 0 Å². The third kappa shape index (κ3) is 2.67. The molecule has 146 valence electrons. The fourth-order valence-corrected chi connectivity index (χ4v) is 4.45. The standard InChI is InChI=1S/C23H21N3O3/c1-14-7-8-18(15(2)11-14)20-24-17(13-29-20)12-26-21(27)23(25-22(26)28)10-9-16-5-3-4-6-19(16)23/h3-8,11,13H,9-10,12H2,1-2H3,(H,25,28). The Labute approximate surface area is 168 Å². The van der Waals surface area contributed by atoms with Crippen molar-refractivity contribution in [2.75, 3.05) is 0 Å². The molecule has 1 spiro atoms. The van der Waals surface area contributed by atoms with Crippen LogP contribution in [0.15, 0.2) is 53.1 Å². The Morgan fingerprint density at radius 2 is 2.00 bits per heavy atom. The van der Waals surface area contributed by atoms with Gasteiger partial charge in [0.1, 0.15) is 11.8 Å². The normalized spacial score (nSPS) is 20.4. The highest BCUT2D eigenvalue weighted by Crippen LogP contribution is 2.41. The first-order valence-corrected chi connectivity index (χ1v) is 9.72. The number of fused-ring (bicyclic) bond motifs is 2. The molecule has 5 rings (SSSR count). The Bertz CT molecular complexity index is 1150. The Kier molecular flexibility index (Phi) is 3.84. The van der Waals surface area contributed by atoms with Crippen molar-refractivity contribution in [2.45, 2.75) is 38.8 Å². The van der Waals surface area contributed by atoms with Crippen LogP contribution in [0.25, 0.3) is 11.5 Å². The molecule has 6 heteroatoms. The number of aromatic nitrogens is 1. The summed E-state index contributed by atoms with van der Waals surface area (Å²) in [5.41, 5.74) is 4.74. The van der Waals surface area contributed by atoms with Crippen LogP contribution in [0.3, 0.4) is 0 Å². The predicted molar refractivity (Wildman–Crippen MR) is 107 cm³/mol. The third-order valence-electron chi connectivity index (χ3n) is 5.91. The summed E-state index contributed by atoms with van der Waals surface area (Å²) in [6.45, 7) is 4.13. The first-order valence-electron chi connectivity index (χ1n) is 9.72. The van der Waals surface area contributed by atoms with E-state index in [4.69, 9.17) is 4.42 Å². The van der Waals surface area contributed by atoms with Crippen molar-refractivity contribution < 1.29 is 14.0 Å². The Morgan fingerprint density at radius 1 is 1.17 bits per heavy atom. The smallest absolute Gasteiger partial charge is 0.325 e. The molecule has 0 radical (unpaired) electrons. The summed E-state index contributed by atoms with van der Waals surface area (Å²) in [6, 6.07) is 13.5. The molecule has 2 aromatic carbocycles. The van der Waals surface area contributed by atoms with E-state index in [1.54, 1.807) is 0 Å². The molecular weight excluding hydrogens is 366 g/mol. The van der Waals surface area contributed by atoms with Gasteiger partial charge in [-0.05, 0) is 49.4 Å². The van der Waals surface area contributed by atoms with E-state index in [0.717, 1.165) is 28.7 Å². The summed E-state index contributed by atoms with van der Waals surface area (Å²) in [6.07, 6.45) is 2.87. The van der Waals surface area contributed by atoms with Crippen molar-refractivity contribution in [2.24, 2.45) is 0 Å². The van der Waals surface area contributed by atoms with Gasteiger partial charge in [-0.3, -0.25) is 9.69 Å². The van der Waals surface area contributed by atoms with E-state index in [0.29, 0.717) is 18.0 Å². The number of hydrogen-bond acceptors (Lipinski definition) is 4. The number of carbonyl (C=O) groups is 2. The number of hydrogen-bond donors (Lipinski definition) is 1. The summed E-state index contributed by atoms with van der Waals surface area (Å²) in [5, 5.41) is 2.94. The van der Waals surface area contributed by atoms with Gasteiger partial charge in [0.2, 0.25) is 5.89 Å². The van der Waals surface area contributed by atoms with Gasteiger partial charge in [0.05, 0.1) is 12.2 Å². The van der Waals surface area contributed by atoms with Crippen LogP contribution in [-0.2, 0) is 23.3 Å². The summed E-state index contributed by atoms with van der Waals surface area (Å²) in [5.74, 6) is 0.272. The van der Waals surface area contributed by atoms with E-state index in [9.17, 15) is 9.59 Å². The largest absolute Gasteiger partial charge is 0.444 e. The zero-order valence-corrected chi connectivity index (χ0v) is 16.4. The van der Waals surface area contributed by atoms with Crippen molar-refractivity contribution >= 4 is 11.9 Å². The first kappa shape index (κ1) is 17.7. The molecule has 3 aromatic rings. The van der Waals surface area contributed by atoms with Crippen LogP contribution in [0.2, 0.25) is 0 Å². The van der Waals surface area contributed by atoms with Crippen LogP contribution in [0.5, 0.6) is 0 Å². The molecule has 1 atom stereocenters. The summed E-state index contributed by atoms with van der Waals surface area (Å²) in [7, 11) is 0. The summed E-state index contributed by atoms with van der Waals surface area (Å²) < 4.78 is 5.64.